The van der Waals surface area contributed by atoms with Crippen molar-refractivity contribution in [3.8, 4) is 5.75 Å². The molecular weight excluding hydrogens is 297 g/mol. The zero-order valence-corrected chi connectivity index (χ0v) is 14.2. The highest BCUT2D eigenvalue weighted by Crippen LogP contribution is 2.54. The van der Waals surface area contributed by atoms with Crippen molar-refractivity contribution in [2.75, 3.05) is 39.3 Å². The Kier molecular flexibility index (Phi) is 4.78. The molecule has 1 aliphatic heterocycles. The van der Waals surface area contributed by atoms with E-state index < -0.39 is 0 Å². The Hall–Kier alpha value is -1.33. The Morgan fingerprint density at radius 1 is 1.13 bits per heavy atom. The minimum absolute atomic E-state index is 0.0884. The number of anilines is 1. The molecule has 3 rings (SSSR count). The predicted octanol–water partition coefficient (Wildman–Crippen LogP) is 3.45. The summed E-state index contributed by atoms with van der Waals surface area (Å²) in [7, 11) is 4.91. The third-order valence-corrected chi connectivity index (χ3v) is 5.57. The number of rotatable bonds is 5. The van der Waals surface area contributed by atoms with Crippen molar-refractivity contribution in [2.24, 2.45) is 11.3 Å². The largest absolute Gasteiger partial charge is 0.494 e. The lowest BCUT2D eigenvalue weighted by Crippen LogP contribution is -2.50. The molecule has 1 spiro atoms. The Labute approximate surface area is 137 Å². The van der Waals surface area contributed by atoms with Gasteiger partial charge in [-0.25, -0.2) is 4.39 Å². The van der Waals surface area contributed by atoms with E-state index in [0.717, 1.165) is 38.8 Å². The Bertz CT molecular complexity index is 531. The smallest absolute Gasteiger partial charge is 0.188 e. The van der Waals surface area contributed by atoms with Gasteiger partial charge in [-0.2, -0.15) is 0 Å². The number of halogens is 1. The first-order valence-electron chi connectivity index (χ1n) is 8.25. The number of hydrogen-bond donors (Lipinski definition) is 0. The fraction of sp³-hybridized carbons (Fsp3) is 0.667. The van der Waals surface area contributed by atoms with Crippen LogP contribution in [0.5, 0.6) is 5.75 Å². The van der Waals surface area contributed by atoms with E-state index in [2.05, 4.69) is 4.90 Å². The van der Waals surface area contributed by atoms with E-state index in [1.54, 1.807) is 20.3 Å². The van der Waals surface area contributed by atoms with E-state index in [0.29, 0.717) is 22.8 Å². The minimum Gasteiger partial charge on any atom is -0.494 e. The molecule has 2 aliphatic rings. The van der Waals surface area contributed by atoms with Crippen LogP contribution in [0.25, 0.3) is 0 Å². The first-order valence-corrected chi connectivity index (χ1v) is 8.25. The van der Waals surface area contributed by atoms with E-state index in [9.17, 15) is 4.39 Å². The molecule has 0 unspecified atom stereocenters. The predicted molar refractivity (Wildman–Crippen MR) is 87.4 cm³/mol. The first-order chi connectivity index (χ1) is 11.1. The van der Waals surface area contributed by atoms with Gasteiger partial charge in [0.15, 0.2) is 17.9 Å². The zero-order valence-electron chi connectivity index (χ0n) is 14.2. The van der Waals surface area contributed by atoms with Crippen LogP contribution in [0, 0.1) is 17.2 Å². The number of benzene rings is 1. The quantitative estimate of drug-likeness (QED) is 0.777. The van der Waals surface area contributed by atoms with Gasteiger partial charge in [0.2, 0.25) is 0 Å². The zero-order chi connectivity index (χ0) is 16.4. The molecule has 2 fully saturated rings. The highest BCUT2D eigenvalue weighted by atomic mass is 19.1. The van der Waals surface area contributed by atoms with Crippen molar-refractivity contribution in [1.82, 2.24) is 0 Å². The Morgan fingerprint density at radius 3 is 2.35 bits per heavy atom. The number of hydrogen-bond acceptors (Lipinski definition) is 4. The standard InChI is InChI=1S/C18H26FNO3/c1-21-15-6-4-5-14(16(15)19)20-9-7-18(8-10-20)11-13(12-18)17(22-2)23-3/h4-6,13,17H,7-12H2,1-3H3. The molecule has 0 bridgehead atoms. The van der Waals surface area contributed by atoms with Crippen LogP contribution in [0.2, 0.25) is 0 Å². The summed E-state index contributed by atoms with van der Waals surface area (Å²) in [5.74, 6) is 0.552. The molecule has 0 aromatic heterocycles. The lowest BCUT2D eigenvalue weighted by Gasteiger charge is -2.53. The Morgan fingerprint density at radius 2 is 1.78 bits per heavy atom. The molecular formula is C18H26FNO3. The SMILES string of the molecule is COc1cccc(N2CCC3(CC2)CC(C(OC)OC)C3)c1F. The van der Waals surface area contributed by atoms with Gasteiger partial charge in [-0.1, -0.05) is 6.07 Å². The maximum Gasteiger partial charge on any atom is 0.188 e. The van der Waals surface area contributed by atoms with Crippen molar-refractivity contribution < 1.29 is 18.6 Å². The normalized spacial score (nSPS) is 20.8. The van der Waals surface area contributed by atoms with Crippen LogP contribution in [0.15, 0.2) is 18.2 Å². The summed E-state index contributed by atoms with van der Waals surface area (Å²) in [5, 5.41) is 0. The van der Waals surface area contributed by atoms with Gasteiger partial charge in [0.05, 0.1) is 12.8 Å². The van der Waals surface area contributed by atoms with Crippen molar-refractivity contribution in [1.29, 1.82) is 0 Å². The molecule has 23 heavy (non-hydrogen) atoms. The maximum atomic E-state index is 14.4. The van der Waals surface area contributed by atoms with Crippen LogP contribution >= 0.6 is 0 Å². The highest BCUT2D eigenvalue weighted by molar-refractivity contribution is 5.53. The molecule has 1 saturated heterocycles. The van der Waals surface area contributed by atoms with Gasteiger partial charge in [0.1, 0.15) is 0 Å². The second-order valence-electron chi connectivity index (χ2n) is 6.79. The monoisotopic (exact) mass is 323 g/mol. The molecule has 0 N–H and O–H groups in total. The van der Waals surface area contributed by atoms with Gasteiger partial charge in [0, 0.05) is 33.2 Å². The molecule has 1 aromatic carbocycles. The molecule has 1 aromatic rings. The third-order valence-electron chi connectivity index (χ3n) is 5.57. The topological polar surface area (TPSA) is 30.9 Å². The second-order valence-corrected chi connectivity index (χ2v) is 6.79. The fourth-order valence-corrected chi connectivity index (χ4v) is 4.26. The molecule has 0 radical (unpaired) electrons. The molecule has 1 aliphatic carbocycles. The number of nitrogens with zero attached hydrogens (tertiary/aromatic N) is 1. The minimum atomic E-state index is -0.253. The van der Waals surface area contributed by atoms with Crippen molar-refractivity contribution in [2.45, 2.75) is 32.0 Å². The van der Waals surface area contributed by atoms with Gasteiger partial charge >= 0.3 is 0 Å². The summed E-state index contributed by atoms with van der Waals surface area (Å²) >= 11 is 0. The average Bonchev–Trinajstić information content (AvgIpc) is 2.55. The summed E-state index contributed by atoms with van der Waals surface area (Å²) < 4.78 is 30.2. The molecule has 1 saturated carbocycles. The molecule has 0 atom stereocenters. The van der Waals surface area contributed by atoms with E-state index in [-0.39, 0.29) is 12.1 Å². The van der Waals surface area contributed by atoms with Crippen LogP contribution in [0.3, 0.4) is 0 Å². The molecule has 128 valence electrons. The summed E-state index contributed by atoms with van der Waals surface area (Å²) in [6.45, 7) is 1.78. The fourth-order valence-electron chi connectivity index (χ4n) is 4.26. The first kappa shape index (κ1) is 16.5. The number of ether oxygens (including phenoxy) is 3. The number of piperidine rings is 1. The van der Waals surface area contributed by atoms with Crippen LogP contribution in [-0.2, 0) is 9.47 Å². The van der Waals surface area contributed by atoms with Crippen LogP contribution in [-0.4, -0.2) is 40.7 Å². The summed E-state index contributed by atoms with van der Waals surface area (Å²) in [6, 6.07) is 5.35. The van der Waals surface area contributed by atoms with E-state index in [4.69, 9.17) is 14.2 Å². The summed E-state index contributed by atoms with van der Waals surface area (Å²) in [4.78, 5) is 2.14. The molecule has 1 heterocycles. The average molecular weight is 323 g/mol. The Balaban J connectivity index is 1.60. The molecule has 4 nitrogen and oxygen atoms in total. The molecule has 5 heteroatoms. The van der Waals surface area contributed by atoms with Crippen molar-refractivity contribution in [3.05, 3.63) is 24.0 Å². The summed E-state index contributed by atoms with van der Waals surface area (Å²) in [5.41, 5.74) is 1.05. The van der Waals surface area contributed by atoms with Crippen molar-refractivity contribution >= 4 is 5.69 Å². The third kappa shape index (κ3) is 3.04. The van der Waals surface area contributed by atoms with Crippen LogP contribution < -0.4 is 9.64 Å². The number of methoxy groups -OCH3 is 3. The van der Waals surface area contributed by atoms with E-state index in [1.165, 1.54) is 7.11 Å². The highest BCUT2D eigenvalue weighted by Gasteiger charge is 2.48. The lowest BCUT2D eigenvalue weighted by molar-refractivity contribution is -0.184. The van der Waals surface area contributed by atoms with Crippen LogP contribution in [0.4, 0.5) is 10.1 Å². The summed E-state index contributed by atoms with van der Waals surface area (Å²) in [6.07, 6.45) is 4.40. The second kappa shape index (κ2) is 6.65. The van der Waals surface area contributed by atoms with E-state index >= 15 is 0 Å². The van der Waals surface area contributed by atoms with Gasteiger partial charge in [-0.3, -0.25) is 0 Å². The van der Waals surface area contributed by atoms with Gasteiger partial charge in [-0.15, -0.1) is 0 Å². The van der Waals surface area contributed by atoms with Gasteiger partial charge < -0.3 is 19.1 Å². The van der Waals surface area contributed by atoms with Crippen molar-refractivity contribution in [3.63, 3.8) is 0 Å². The lowest BCUT2D eigenvalue weighted by atomic mass is 9.57. The molecule has 0 amide bonds. The van der Waals surface area contributed by atoms with E-state index in [1.807, 2.05) is 12.1 Å². The maximum absolute atomic E-state index is 14.4. The van der Waals surface area contributed by atoms with Gasteiger partial charge in [0.25, 0.3) is 0 Å². The van der Waals surface area contributed by atoms with Gasteiger partial charge in [-0.05, 0) is 43.2 Å². The van der Waals surface area contributed by atoms with Crippen LogP contribution in [0.1, 0.15) is 25.7 Å².